The molecule has 0 saturated carbocycles. The molecule has 4 heterocycles. The zero-order valence-electron chi connectivity index (χ0n) is 13.3. The average molecular weight is 333 g/mol. The summed E-state index contributed by atoms with van der Waals surface area (Å²) < 4.78 is 7.13. The maximum atomic E-state index is 12.8. The number of fused-ring (bicyclic) bond motifs is 1. The molecule has 0 spiro atoms. The quantitative estimate of drug-likeness (QED) is 0.939. The van der Waals surface area contributed by atoms with Crippen LogP contribution in [-0.4, -0.2) is 66.1 Å². The fourth-order valence-corrected chi connectivity index (χ4v) is 4.36. The van der Waals surface area contributed by atoms with E-state index in [9.17, 15) is 4.79 Å². The van der Waals surface area contributed by atoms with Crippen molar-refractivity contribution in [1.82, 2.24) is 14.8 Å². The lowest BCUT2D eigenvalue weighted by Gasteiger charge is -2.26. The van der Waals surface area contributed by atoms with Gasteiger partial charge in [-0.1, -0.05) is 0 Å². The van der Waals surface area contributed by atoms with Gasteiger partial charge < -0.3 is 19.5 Å². The van der Waals surface area contributed by atoms with E-state index in [1.807, 2.05) is 22.4 Å². The molecule has 2 aromatic heterocycles. The van der Waals surface area contributed by atoms with Gasteiger partial charge in [-0.15, -0.1) is 11.3 Å². The number of aromatic amines is 1. The summed E-state index contributed by atoms with van der Waals surface area (Å²) in [5, 5.41) is 2.04. The normalized spacial score (nSPS) is 23.5. The van der Waals surface area contributed by atoms with Gasteiger partial charge in [-0.3, -0.25) is 4.79 Å². The fourth-order valence-electron chi connectivity index (χ4n) is 3.58. The van der Waals surface area contributed by atoms with Crippen LogP contribution in [0.15, 0.2) is 17.5 Å². The highest BCUT2D eigenvalue weighted by molar-refractivity contribution is 7.17. The number of thiophene rings is 1. The maximum absolute atomic E-state index is 12.8. The van der Waals surface area contributed by atoms with Gasteiger partial charge >= 0.3 is 0 Å². The molecule has 4 rings (SSSR count). The topological polar surface area (TPSA) is 48.6 Å². The third kappa shape index (κ3) is 3.29. The summed E-state index contributed by atoms with van der Waals surface area (Å²) in [5.74, 6) is 0.102. The summed E-state index contributed by atoms with van der Waals surface area (Å²) in [7, 11) is 0. The Balaban J connectivity index is 1.45. The first-order valence-corrected chi connectivity index (χ1v) is 9.37. The highest BCUT2D eigenvalue weighted by Crippen LogP contribution is 2.22. The Labute approximate surface area is 140 Å². The summed E-state index contributed by atoms with van der Waals surface area (Å²) in [6.07, 6.45) is 3.62. The minimum Gasteiger partial charge on any atom is -0.375 e. The van der Waals surface area contributed by atoms with Crippen molar-refractivity contribution in [2.75, 3.05) is 39.3 Å². The molecule has 0 aliphatic carbocycles. The van der Waals surface area contributed by atoms with Crippen LogP contribution < -0.4 is 0 Å². The minimum atomic E-state index is 0.102. The van der Waals surface area contributed by atoms with Gasteiger partial charge in [-0.2, -0.15) is 0 Å². The van der Waals surface area contributed by atoms with Gasteiger partial charge in [0.1, 0.15) is 5.69 Å². The standard InChI is InChI=1S/C17H23N3O2S/c21-17(15-10-16-14(18-15)4-9-23-16)20-7-3-8-22-13(12-20)11-19-5-1-2-6-19/h4,9-10,13,18H,1-3,5-8,11-12H2/t13-/m1/s1. The first-order valence-electron chi connectivity index (χ1n) is 8.49. The number of nitrogens with zero attached hydrogens (tertiary/aromatic N) is 2. The van der Waals surface area contributed by atoms with Gasteiger partial charge in [0.15, 0.2) is 0 Å². The number of amides is 1. The summed E-state index contributed by atoms with van der Waals surface area (Å²) in [6.45, 7) is 5.51. The third-order valence-corrected chi connectivity index (χ3v) is 5.63. The van der Waals surface area contributed by atoms with Crippen LogP contribution in [0, 0.1) is 0 Å². The lowest BCUT2D eigenvalue weighted by molar-refractivity contribution is 0.0296. The second-order valence-corrected chi connectivity index (χ2v) is 7.43. The molecule has 2 aliphatic rings. The van der Waals surface area contributed by atoms with E-state index in [1.165, 1.54) is 25.9 Å². The van der Waals surface area contributed by atoms with Gasteiger partial charge in [0.25, 0.3) is 5.91 Å². The Bertz CT molecular complexity index is 646. The molecule has 6 heteroatoms. The van der Waals surface area contributed by atoms with Gasteiger partial charge in [0.2, 0.25) is 0 Å². The molecule has 23 heavy (non-hydrogen) atoms. The van der Waals surface area contributed by atoms with E-state index in [4.69, 9.17) is 4.74 Å². The Morgan fingerprint density at radius 1 is 1.30 bits per heavy atom. The van der Waals surface area contributed by atoms with Crippen molar-refractivity contribution in [3.8, 4) is 0 Å². The van der Waals surface area contributed by atoms with E-state index in [0.717, 1.165) is 36.3 Å². The largest absolute Gasteiger partial charge is 0.375 e. The monoisotopic (exact) mass is 333 g/mol. The van der Waals surface area contributed by atoms with Gasteiger partial charge in [0.05, 0.1) is 16.3 Å². The van der Waals surface area contributed by atoms with Gasteiger partial charge in [0, 0.05) is 26.2 Å². The SMILES string of the molecule is O=C(c1cc2sccc2[nH]1)N1CCCO[C@H](CN2CCCC2)C1. The highest BCUT2D eigenvalue weighted by atomic mass is 32.1. The van der Waals surface area contributed by atoms with Gasteiger partial charge in [-0.25, -0.2) is 0 Å². The van der Waals surface area contributed by atoms with E-state index in [-0.39, 0.29) is 12.0 Å². The number of H-pyrrole nitrogens is 1. The van der Waals surface area contributed by atoms with Crippen LogP contribution in [0.2, 0.25) is 0 Å². The fraction of sp³-hybridized carbons (Fsp3) is 0.588. The Morgan fingerprint density at radius 2 is 2.17 bits per heavy atom. The molecule has 2 aromatic rings. The Hall–Kier alpha value is -1.37. The molecule has 0 radical (unpaired) electrons. The lowest BCUT2D eigenvalue weighted by atomic mass is 10.2. The molecule has 2 aliphatic heterocycles. The van der Waals surface area contributed by atoms with Crippen molar-refractivity contribution < 1.29 is 9.53 Å². The van der Waals surface area contributed by atoms with Crippen molar-refractivity contribution in [2.45, 2.75) is 25.4 Å². The summed E-state index contributed by atoms with van der Waals surface area (Å²) in [4.78, 5) is 20.5. The van der Waals surface area contributed by atoms with Crippen LogP contribution in [0.5, 0.6) is 0 Å². The molecule has 2 fully saturated rings. The first kappa shape index (κ1) is 15.2. The second-order valence-electron chi connectivity index (χ2n) is 6.49. The number of hydrogen-bond acceptors (Lipinski definition) is 4. The van der Waals surface area contributed by atoms with E-state index >= 15 is 0 Å². The molecule has 0 aromatic carbocycles. The first-order chi connectivity index (χ1) is 11.3. The van der Waals surface area contributed by atoms with Crippen LogP contribution in [0.3, 0.4) is 0 Å². The zero-order chi connectivity index (χ0) is 15.6. The molecule has 5 nitrogen and oxygen atoms in total. The Kier molecular flexibility index (Phi) is 4.37. The van der Waals surface area contributed by atoms with Crippen molar-refractivity contribution in [1.29, 1.82) is 0 Å². The van der Waals surface area contributed by atoms with Crippen molar-refractivity contribution in [3.63, 3.8) is 0 Å². The van der Waals surface area contributed by atoms with Gasteiger partial charge in [-0.05, 0) is 49.9 Å². The lowest BCUT2D eigenvalue weighted by Crippen LogP contribution is -2.42. The van der Waals surface area contributed by atoms with E-state index in [0.29, 0.717) is 12.2 Å². The molecule has 124 valence electrons. The number of hydrogen-bond donors (Lipinski definition) is 1. The average Bonchev–Trinajstić information content (AvgIpc) is 3.22. The predicted molar refractivity (Wildman–Crippen MR) is 92.1 cm³/mol. The molecule has 2 saturated heterocycles. The predicted octanol–water partition coefficient (Wildman–Crippen LogP) is 2.56. The number of likely N-dealkylation sites (tertiary alicyclic amines) is 1. The summed E-state index contributed by atoms with van der Waals surface area (Å²) in [5.41, 5.74) is 1.76. The molecule has 1 amide bonds. The molecule has 1 atom stereocenters. The summed E-state index contributed by atoms with van der Waals surface area (Å²) in [6, 6.07) is 4.00. The smallest absolute Gasteiger partial charge is 0.270 e. The Morgan fingerprint density at radius 3 is 3.00 bits per heavy atom. The van der Waals surface area contributed by atoms with Crippen molar-refractivity contribution in [2.24, 2.45) is 0 Å². The number of carbonyl (C=O) groups excluding carboxylic acids is 1. The number of nitrogens with one attached hydrogen (secondary N) is 1. The van der Waals surface area contributed by atoms with E-state index in [1.54, 1.807) is 11.3 Å². The summed E-state index contributed by atoms with van der Waals surface area (Å²) >= 11 is 1.66. The molecule has 0 unspecified atom stereocenters. The van der Waals surface area contributed by atoms with Crippen LogP contribution in [0.4, 0.5) is 0 Å². The van der Waals surface area contributed by atoms with Crippen LogP contribution in [0.1, 0.15) is 29.8 Å². The minimum absolute atomic E-state index is 0.102. The van der Waals surface area contributed by atoms with Crippen LogP contribution >= 0.6 is 11.3 Å². The second kappa shape index (κ2) is 6.63. The van der Waals surface area contributed by atoms with Crippen molar-refractivity contribution >= 4 is 27.5 Å². The van der Waals surface area contributed by atoms with Crippen molar-refractivity contribution in [3.05, 3.63) is 23.2 Å². The van der Waals surface area contributed by atoms with Crippen LogP contribution in [-0.2, 0) is 4.74 Å². The number of ether oxygens (including phenoxy) is 1. The van der Waals surface area contributed by atoms with Crippen LogP contribution in [0.25, 0.3) is 10.2 Å². The highest BCUT2D eigenvalue weighted by Gasteiger charge is 2.26. The maximum Gasteiger partial charge on any atom is 0.270 e. The molecule has 1 N–H and O–H groups in total. The number of carbonyl (C=O) groups is 1. The number of rotatable bonds is 3. The molecular formula is C17H23N3O2S. The van der Waals surface area contributed by atoms with E-state index in [2.05, 4.69) is 9.88 Å². The van der Waals surface area contributed by atoms with E-state index < -0.39 is 0 Å². The third-order valence-electron chi connectivity index (χ3n) is 4.77. The molecule has 0 bridgehead atoms. The number of aromatic nitrogens is 1. The molecular weight excluding hydrogens is 310 g/mol. The zero-order valence-corrected chi connectivity index (χ0v) is 14.1.